The first-order valence-corrected chi connectivity index (χ1v) is 9.31. The maximum atomic E-state index is 12.9. The predicted molar refractivity (Wildman–Crippen MR) is 95.8 cm³/mol. The number of nitrogens with zero attached hydrogens (tertiary/aromatic N) is 3. The molecule has 4 heterocycles. The van der Waals surface area contributed by atoms with Gasteiger partial charge >= 0.3 is 0 Å². The van der Waals surface area contributed by atoms with Gasteiger partial charge in [0.15, 0.2) is 0 Å². The minimum absolute atomic E-state index is 0.0327. The standard InChI is InChI=1S/C19H26N4O3/c1-3-18-20-13(2)17(21-18)9-22-6-14-7-23(16(8-22)12-26-10-14)19(24)15-4-5-25-11-15/h4-5,11,14,16H,3,6-10,12H2,1-2H3,(H,20,21)/t14-,16-/m0/s1. The number of aromatic nitrogens is 2. The van der Waals surface area contributed by atoms with Crippen LogP contribution in [0, 0.1) is 12.8 Å². The molecule has 2 aromatic heterocycles. The molecule has 2 bridgehead atoms. The molecule has 2 atom stereocenters. The summed E-state index contributed by atoms with van der Waals surface area (Å²) in [5.74, 6) is 1.38. The van der Waals surface area contributed by atoms with Gasteiger partial charge in [0.1, 0.15) is 12.1 Å². The Bertz CT molecular complexity index is 755. The lowest BCUT2D eigenvalue weighted by Gasteiger charge is -2.30. The van der Waals surface area contributed by atoms with Crippen molar-refractivity contribution in [3.63, 3.8) is 0 Å². The van der Waals surface area contributed by atoms with Crippen LogP contribution in [0.3, 0.4) is 0 Å². The topological polar surface area (TPSA) is 74.6 Å². The Balaban J connectivity index is 1.52. The van der Waals surface area contributed by atoms with E-state index in [0.717, 1.165) is 49.8 Å². The molecule has 4 rings (SSSR count). The van der Waals surface area contributed by atoms with Crippen molar-refractivity contribution < 1.29 is 13.9 Å². The molecule has 2 aliphatic rings. The quantitative estimate of drug-likeness (QED) is 0.903. The Hall–Kier alpha value is -2.12. The van der Waals surface area contributed by atoms with E-state index in [4.69, 9.17) is 14.1 Å². The summed E-state index contributed by atoms with van der Waals surface area (Å²) in [5, 5.41) is 0. The number of carbonyl (C=O) groups is 1. The van der Waals surface area contributed by atoms with E-state index in [2.05, 4.69) is 23.7 Å². The third-order valence-corrected chi connectivity index (χ3v) is 5.32. The van der Waals surface area contributed by atoms with Gasteiger partial charge in [0.05, 0.1) is 36.8 Å². The van der Waals surface area contributed by atoms with Crippen molar-refractivity contribution in [1.29, 1.82) is 0 Å². The molecule has 7 heteroatoms. The van der Waals surface area contributed by atoms with Gasteiger partial charge in [-0.1, -0.05) is 6.92 Å². The Kier molecular flexibility index (Phi) is 4.82. The van der Waals surface area contributed by atoms with Crippen LogP contribution in [0.5, 0.6) is 0 Å². The number of fused-ring (bicyclic) bond motifs is 3. The largest absolute Gasteiger partial charge is 0.472 e. The highest BCUT2D eigenvalue weighted by Gasteiger charge is 2.36. The molecule has 0 saturated carbocycles. The number of nitrogens with one attached hydrogen (secondary N) is 1. The summed E-state index contributed by atoms with van der Waals surface area (Å²) in [4.78, 5) is 25.4. The average molecular weight is 358 g/mol. The Labute approximate surface area is 153 Å². The van der Waals surface area contributed by atoms with E-state index in [9.17, 15) is 4.79 Å². The number of imidazole rings is 1. The SMILES string of the molecule is CCc1nc(CN2C[C@@H]3COC[C@H](C2)N(C(=O)c2ccoc2)C3)c(C)[nH]1. The van der Waals surface area contributed by atoms with Gasteiger partial charge in [-0.15, -0.1) is 0 Å². The normalized spacial score (nSPS) is 23.8. The molecule has 140 valence electrons. The van der Waals surface area contributed by atoms with E-state index < -0.39 is 0 Å². The smallest absolute Gasteiger partial charge is 0.257 e. The number of aryl methyl sites for hydroxylation is 2. The number of amides is 1. The summed E-state index contributed by atoms with van der Waals surface area (Å²) in [6, 6.07) is 1.78. The molecule has 1 amide bonds. The van der Waals surface area contributed by atoms with Crippen molar-refractivity contribution in [3.8, 4) is 0 Å². The van der Waals surface area contributed by atoms with Gasteiger partial charge in [0.2, 0.25) is 0 Å². The lowest BCUT2D eigenvalue weighted by molar-refractivity contribution is 0.0421. The second-order valence-corrected chi connectivity index (χ2v) is 7.33. The zero-order valence-corrected chi connectivity index (χ0v) is 15.4. The fraction of sp³-hybridized carbons (Fsp3) is 0.579. The van der Waals surface area contributed by atoms with Crippen LogP contribution >= 0.6 is 0 Å². The van der Waals surface area contributed by atoms with Crippen LogP contribution < -0.4 is 0 Å². The molecule has 0 spiro atoms. The maximum Gasteiger partial charge on any atom is 0.257 e. The average Bonchev–Trinajstić information content (AvgIpc) is 3.17. The van der Waals surface area contributed by atoms with Crippen molar-refractivity contribution >= 4 is 5.91 Å². The number of ether oxygens (including phenoxy) is 1. The Morgan fingerprint density at radius 2 is 2.23 bits per heavy atom. The van der Waals surface area contributed by atoms with Crippen LogP contribution in [-0.2, 0) is 17.7 Å². The number of hydrogen-bond donors (Lipinski definition) is 1. The zero-order chi connectivity index (χ0) is 18.1. The summed E-state index contributed by atoms with van der Waals surface area (Å²) in [7, 11) is 0. The lowest BCUT2D eigenvalue weighted by atomic mass is 10.1. The first-order chi connectivity index (χ1) is 12.6. The van der Waals surface area contributed by atoms with Gasteiger partial charge in [0, 0.05) is 44.2 Å². The number of furan rings is 1. The van der Waals surface area contributed by atoms with E-state index in [1.807, 2.05) is 4.90 Å². The lowest BCUT2D eigenvalue weighted by Crippen LogP contribution is -2.46. The predicted octanol–water partition coefficient (Wildman–Crippen LogP) is 1.85. The Morgan fingerprint density at radius 1 is 1.35 bits per heavy atom. The van der Waals surface area contributed by atoms with Crippen LogP contribution in [0.4, 0.5) is 0 Å². The van der Waals surface area contributed by atoms with Gasteiger partial charge in [0.25, 0.3) is 5.91 Å². The van der Waals surface area contributed by atoms with E-state index >= 15 is 0 Å². The van der Waals surface area contributed by atoms with Crippen molar-refractivity contribution in [3.05, 3.63) is 41.4 Å². The van der Waals surface area contributed by atoms with Crippen molar-refractivity contribution in [2.75, 3.05) is 32.8 Å². The number of carbonyl (C=O) groups excluding carboxylic acids is 1. The molecule has 26 heavy (non-hydrogen) atoms. The van der Waals surface area contributed by atoms with Gasteiger partial charge in [-0.05, 0) is 13.0 Å². The van der Waals surface area contributed by atoms with Gasteiger partial charge in [-0.2, -0.15) is 0 Å². The fourth-order valence-electron chi connectivity index (χ4n) is 3.97. The first kappa shape index (κ1) is 17.3. The van der Waals surface area contributed by atoms with Crippen molar-refractivity contribution in [1.82, 2.24) is 19.8 Å². The maximum absolute atomic E-state index is 12.9. The summed E-state index contributed by atoms with van der Waals surface area (Å²) >= 11 is 0. The van der Waals surface area contributed by atoms with E-state index in [1.54, 1.807) is 12.3 Å². The molecule has 0 aromatic carbocycles. The van der Waals surface area contributed by atoms with E-state index in [-0.39, 0.29) is 11.9 Å². The first-order valence-electron chi connectivity index (χ1n) is 9.31. The zero-order valence-electron chi connectivity index (χ0n) is 15.4. The molecule has 2 saturated heterocycles. The van der Waals surface area contributed by atoms with Crippen molar-refractivity contribution in [2.45, 2.75) is 32.9 Å². The number of H-pyrrole nitrogens is 1. The van der Waals surface area contributed by atoms with Crippen LogP contribution in [0.25, 0.3) is 0 Å². The summed E-state index contributed by atoms with van der Waals surface area (Å²) in [6.07, 6.45) is 3.98. The molecular weight excluding hydrogens is 332 g/mol. The third-order valence-electron chi connectivity index (χ3n) is 5.32. The number of rotatable bonds is 4. The van der Waals surface area contributed by atoms with Gasteiger partial charge < -0.3 is 19.0 Å². The molecule has 2 aliphatic heterocycles. The number of hydrogen-bond acceptors (Lipinski definition) is 5. The van der Waals surface area contributed by atoms with E-state index in [1.165, 1.54) is 6.26 Å². The van der Waals surface area contributed by atoms with Crippen LogP contribution in [0.2, 0.25) is 0 Å². The highest BCUT2D eigenvalue weighted by atomic mass is 16.5. The molecule has 2 fully saturated rings. The molecule has 7 nitrogen and oxygen atoms in total. The Morgan fingerprint density at radius 3 is 2.96 bits per heavy atom. The van der Waals surface area contributed by atoms with Crippen LogP contribution in [0.1, 0.15) is 34.5 Å². The molecule has 0 aliphatic carbocycles. The van der Waals surface area contributed by atoms with Gasteiger partial charge in [-0.3, -0.25) is 9.69 Å². The monoisotopic (exact) mass is 358 g/mol. The summed E-state index contributed by atoms with van der Waals surface area (Å²) in [6.45, 7) is 8.71. The number of aromatic amines is 1. The molecular formula is C19H26N4O3. The second-order valence-electron chi connectivity index (χ2n) is 7.33. The minimum atomic E-state index is 0.0327. The second kappa shape index (κ2) is 7.25. The van der Waals surface area contributed by atoms with Gasteiger partial charge in [-0.25, -0.2) is 4.98 Å². The molecule has 0 unspecified atom stereocenters. The summed E-state index contributed by atoms with van der Waals surface area (Å²) in [5.41, 5.74) is 2.86. The van der Waals surface area contributed by atoms with E-state index in [0.29, 0.717) is 24.7 Å². The minimum Gasteiger partial charge on any atom is -0.472 e. The van der Waals surface area contributed by atoms with Crippen LogP contribution in [-0.4, -0.2) is 64.6 Å². The highest BCUT2D eigenvalue weighted by molar-refractivity contribution is 5.94. The molecule has 1 N–H and O–H groups in total. The fourth-order valence-corrected chi connectivity index (χ4v) is 3.97. The molecule has 0 radical (unpaired) electrons. The van der Waals surface area contributed by atoms with Crippen molar-refractivity contribution in [2.24, 2.45) is 5.92 Å². The molecule has 2 aromatic rings. The van der Waals surface area contributed by atoms with Crippen LogP contribution in [0.15, 0.2) is 23.0 Å². The summed E-state index contributed by atoms with van der Waals surface area (Å²) < 4.78 is 10.9. The third kappa shape index (κ3) is 3.41. The highest BCUT2D eigenvalue weighted by Crippen LogP contribution is 2.23.